The molecule has 1 aliphatic carbocycles. The van der Waals surface area contributed by atoms with Crippen LogP contribution >= 0.6 is 22.6 Å². The molecule has 0 heterocycles. The van der Waals surface area contributed by atoms with Crippen molar-refractivity contribution in [3.63, 3.8) is 0 Å². The Balaban J connectivity index is 2.70. The molecule has 0 aromatic carbocycles. The van der Waals surface area contributed by atoms with Crippen molar-refractivity contribution < 1.29 is 0 Å². The van der Waals surface area contributed by atoms with E-state index < -0.39 is 0 Å². The third kappa shape index (κ3) is 3.11. The third-order valence-electron chi connectivity index (χ3n) is 3.50. The van der Waals surface area contributed by atoms with Gasteiger partial charge in [0.2, 0.25) is 0 Å². The maximum absolute atomic E-state index is 2.41. The van der Waals surface area contributed by atoms with Crippen molar-refractivity contribution in [1.29, 1.82) is 0 Å². The smallest absolute Gasteiger partial charge is 0.0153 e. The first-order valence-corrected chi connectivity index (χ1v) is 6.76. The summed E-state index contributed by atoms with van der Waals surface area (Å²) in [6.45, 7) is 7.21. The van der Waals surface area contributed by atoms with E-state index in [0.29, 0.717) is 5.41 Å². The molecule has 0 bridgehead atoms. The molecule has 0 N–H and O–H groups in total. The summed E-state index contributed by atoms with van der Waals surface area (Å²) in [6.07, 6.45) is 10.9. The van der Waals surface area contributed by atoms with Gasteiger partial charge in [0.1, 0.15) is 0 Å². The van der Waals surface area contributed by atoms with Crippen molar-refractivity contribution in [1.82, 2.24) is 0 Å². The molecule has 0 unspecified atom stereocenters. The normalized spacial score (nSPS) is 32.9. The fourth-order valence-electron chi connectivity index (χ4n) is 2.67. The highest BCUT2D eigenvalue weighted by Gasteiger charge is 2.34. The standard InChI is InChI=1S/C13H21I/c1-11-7-6-9-13(2,3)12(11)8-4-5-10-14/h4-5,8,10-12H,6-7,9H2,1-3H3/b8-4+,10-5+/t11-,12+/m0/s1. The summed E-state index contributed by atoms with van der Waals surface area (Å²) < 4.78 is 2.06. The maximum Gasteiger partial charge on any atom is -0.0153 e. The lowest BCUT2D eigenvalue weighted by molar-refractivity contribution is 0.123. The van der Waals surface area contributed by atoms with Gasteiger partial charge in [-0.3, -0.25) is 0 Å². The lowest BCUT2D eigenvalue weighted by Gasteiger charge is -2.41. The number of allylic oxidation sites excluding steroid dienone is 3. The monoisotopic (exact) mass is 304 g/mol. The first-order valence-electron chi connectivity index (χ1n) is 5.51. The predicted molar refractivity (Wildman–Crippen MR) is 72.6 cm³/mol. The average molecular weight is 304 g/mol. The fourth-order valence-corrected chi connectivity index (χ4v) is 2.91. The molecule has 1 heteroatoms. The van der Waals surface area contributed by atoms with Gasteiger partial charge in [-0.1, -0.05) is 74.4 Å². The highest BCUT2D eigenvalue weighted by Crippen LogP contribution is 2.44. The fraction of sp³-hybridized carbons (Fsp3) is 0.692. The lowest BCUT2D eigenvalue weighted by atomic mass is 9.64. The largest absolute Gasteiger partial charge is 0.0806 e. The van der Waals surface area contributed by atoms with Crippen LogP contribution in [0.3, 0.4) is 0 Å². The molecule has 2 atom stereocenters. The summed E-state index contributed by atoms with van der Waals surface area (Å²) in [7, 11) is 0. The second-order valence-electron chi connectivity index (χ2n) is 5.09. The number of hydrogen-bond acceptors (Lipinski definition) is 0. The summed E-state index contributed by atoms with van der Waals surface area (Å²) in [5.41, 5.74) is 0.493. The van der Waals surface area contributed by atoms with Crippen molar-refractivity contribution in [2.24, 2.45) is 17.3 Å². The molecule has 1 aliphatic rings. The van der Waals surface area contributed by atoms with Crippen molar-refractivity contribution in [3.05, 3.63) is 22.3 Å². The lowest BCUT2D eigenvalue weighted by Crippen LogP contribution is -2.32. The molecule has 1 saturated carbocycles. The van der Waals surface area contributed by atoms with E-state index in [1.165, 1.54) is 19.3 Å². The van der Waals surface area contributed by atoms with Crippen LogP contribution in [0, 0.1) is 17.3 Å². The van der Waals surface area contributed by atoms with E-state index >= 15 is 0 Å². The van der Waals surface area contributed by atoms with Gasteiger partial charge in [0, 0.05) is 0 Å². The van der Waals surface area contributed by atoms with E-state index in [0.717, 1.165) is 11.8 Å². The molecule has 0 nitrogen and oxygen atoms in total. The zero-order chi connectivity index (χ0) is 10.6. The van der Waals surface area contributed by atoms with Gasteiger partial charge >= 0.3 is 0 Å². The van der Waals surface area contributed by atoms with Gasteiger partial charge in [0.05, 0.1) is 0 Å². The van der Waals surface area contributed by atoms with Crippen LogP contribution in [0.4, 0.5) is 0 Å². The van der Waals surface area contributed by atoms with Crippen molar-refractivity contribution in [2.75, 3.05) is 0 Å². The first kappa shape index (κ1) is 12.3. The zero-order valence-electron chi connectivity index (χ0n) is 9.46. The summed E-state index contributed by atoms with van der Waals surface area (Å²) in [6, 6.07) is 0. The van der Waals surface area contributed by atoms with E-state index in [4.69, 9.17) is 0 Å². The quantitative estimate of drug-likeness (QED) is 0.500. The van der Waals surface area contributed by atoms with E-state index in [1.807, 2.05) is 0 Å². The number of halogens is 1. The molecule has 1 rings (SSSR count). The van der Waals surface area contributed by atoms with Crippen LogP contribution in [0.25, 0.3) is 0 Å². The maximum atomic E-state index is 2.41. The zero-order valence-corrected chi connectivity index (χ0v) is 11.6. The Kier molecular flexibility index (Phi) is 4.68. The Bertz CT molecular complexity index is 225. The molecular weight excluding hydrogens is 283 g/mol. The van der Waals surface area contributed by atoms with E-state index in [9.17, 15) is 0 Å². The SMILES string of the molecule is C[C@H]1CCCC(C)(C)[C@@H]1/C=C/C=C/I. The van der Waals surface area contributed by atoms with Crippen LogP contribution in [0.1, 0.15) is 40.0 Å². The summed E-state index contributed by atoms with van der Waals surface area (Å²) in [5.74, 6) is 1.60. The molecule has 14 heavy (non-hydrogen) atoms. The van der Waals surface area contributed by atoms with Crippen LogP contribution in [0.2, 0.25) is 0 Å². The van der Waals surface area contributed by atoms with E-state index in [1.54, 1.807) is 0 Å². The molecule has 0 aliphatic heterocycles. The molecule has 0 amide bonds. The average Bonchev–Trinajstić information content (AvgIpc) is 2.09. The van der Waals surface area contributed by atoms with Crippen LogP contribution in [-0.2, 0) is 0 Å². The Morgan fingerprint density at radius 2 is 2.00 bits per heavy atom. The molecule has 0 spiro atoms. The second kappa shape index (κ2) is 5.34. The minimum atomic E-state index is 0.493. The molecule has 0 radical (unpaired) electrons. The minimum Gasteiger partial charge on any atom is -0.0806 e. The Hall–Kier alpha value is 0.210. The van der Waals surface area contributed by atoms with Gasteiger partial charge in [-0.05, 0) is 27.8 Å². The van der Waals surface area contributed by atoms with Crippen LogP contribution < -0.4 is 0 Å². The topological polar surface area (TPSA) is 0 Å². The first-order chi connectivity index (χ1) is 6.58. The predicted octanol–water partition coefficient (Wildman–Crippen LogP) is 4.95. The highest BCUT2D eigenvalue weighted by molar-refractivity contribution is 14.1. The summed E-state index contributed by atoms with van der Waals surface area (Å²) in [4.78, 5) is 0. The van der Waals surface area contributed by atoms with Crippen LogP contribution in [0.15, 0.2) is 22.3 Å². The Labute approximate surface area is 102 Å². The molecule has 80 valence electrons. The minimum absolute atomic E-state index is 0.493. The Morgan fingerprint density at radius 3 is 2.57 bits per heavy atom. The van der Waals surface area contributed by atoms with Gasteiger partial charge in [0.25, 0.3) is 0 Å². The number of hydrogen-bond donors (Lipinski definition) is 0. The van der Waals surface area contributed by atoms with E-state index in [-0.39, 0.29) is 0 Å². The van der Waals surface area contributed by atoms with Crippen LogP contribution in [-0.4, -0.2) is 0 Å². The summed E-state index contributed by atoms with van der Waals surface area (Å²) >= 11 is 2.26. The van der Waals surface area contributed by atoms with Crippen LogP contribution in [0.5, 0.6) is 0 Å². The van der Waals surface area contributed by atoms with Gasteiger partial charge < -0.3 is 0 Å². The van der Waals surface area contributed by atoms with Crippen molar-refractivity contribution >= 4 is 22.6 Å². The Morgan fingerprint density at radius 1 is 1.29 bits per heavy atom. The summed E-state index contributed by atoms with van der Waals surface area (Å²) in [5, 5.41) is 0. The molecular formula is C13H21I. The van der Waals surface area contributed by atoms with Gasteiger partial charge in [0.15, 0.2) is 0 Å². The highest BCUT2D eigenvalue weighted by atomic mass is 127. The van der Waals surface area contributed by atoms with Crippen molar-refractivity contribution in [3.8, 4) is 0 Å². The van der Waals surface area contributed by atoms with Crippen molar-refractivity contribution in [2.45, 2.75) is 40.0 Å². The second-order valence-corrected chi connectivity index (χ2v) is 5.81. The number of rotatable bonds is 2. The molecule has 0 aromatic rings. The molecule has 1 fully saturated rings. The van der Waals surface area contributed by atoms with Gasteiger partial charge in [-0.25, -0.2) is 0 Å². The molecule has 0 aromatic heterocycles. The van der Waals surface area contributed by atoms with E-state index in [2.05, 4.69) is 65.7 Å². The van der Waals surface area contributed by atoms with Gasteiger partial charge in [-0.2, -0.15) is 0 Å². The third-order valence-corrected chi connectivity index (χ3v) is 3.91. The van der Waals surface area contributed by atoms with Gasteiger partial charge in [-0.15, -0.1) is 0 Å². The molecule has 0 saturated heterocycles.